The van der Waals surface area contributed by atoms with Gasteiger partial charge in [-0.3, -0.25) is 0 Å². The van der Waals surface area contributed by atoms with Gasteiger partial charge in [-0.1, -0.05) is 6.92 Å². The lowest BCUT2D eigenvalue weighted by Crippen LogP contribution is -2.44. The Bertz CT molecular complexity index is 391. The Kier molecular flexibility index (Phi) is 3.02. The van der Waals surface area contributed by atoms with Gasteiger partial charge in [-0.05, 0) is 37.8 Å². The maximum Gasteiger partial charge on any atom is 0.416 e. The Morgan fingerprint density at radius 3 is 2.59 bits per heavy atom. The molecule has 2 nitrogen and oxygen atoms in total. The summed E-state index contributed by atoms with van der Waals surface area (Å²) in [5, 5.41) is 3.14. The van der Waals surface area contributed by atoms with Crippen LogP contribution in [0.2, 0.25) is 0 Å². The first-order valence-corrected chi connectivity index (χ1v) is 5.77. The Morgan fingerprint density at radius 1 is 1.41 bits per heavy atom. The molecule has 0 radical (unpaired) electrons. The van der Waals surface area contributed by atoms with E-state index < -0.39 is 11.7 Å². The normalized spacial score (nSPS) is 18.6. The molecule has 1 aliphatic carbocycles. The third-order valence-electron chi connectivity index (χ3n) is 3.47. The number of halogens is 3. The average molecular weight is 244 g/mol. The van der Waals surface area contributed by atoms with Gasteiger partial charge in [0.2, 0.25) is 0 Å². The molecule has 1 heterocycles. The van der Waals surface area contributed by atoms with Crippen molar-refractivity contribution in [3.8, 4) is 0 Å². The van der Waals surface area contributed by atoms with E-state index in [1.807, 2.05) is 6.92 Å². The summed E-state index contributed by atoms with van der Waals surface area (Å²) in [6.45, 7) is 2.04. The summed E-state index contributed by atoms with van der Waals surface area (Å²) < 4.78 is 37.6. The SMILES string of the molecule is CCC1(Nc2cc(C(F)(F)F)ccn2)CCC1. The molecule has 1 N–H and O–H groups in total. The van der Waals surface area contributed by atoms with Crippen molar-refractivity contribution < 1.29 is 13.2 Å². The van der Waals surface area contributed by atoms with Gasteiger partial charge in [0, 0.05) is 11.7 Å². The smallest absolute Gasteiger partial charge is 0.365 e. The van der Waals surface area contributed by atoms with E-state index in [9.17, 15) is 13.2 Å². The van der Waals surface area contributed by atoms with Crippen LogP contribution in [0.4, 0.5) is 19.0 Å². The molecule has 0 saturated heterocycles. The van der Waals surface area contributed by atoms with Gasteiger partial charge < -0.3 is 5.32 Å². The zero-order chi connectivity index (χ0) is 12.5. The van der Waals surface area contributed by atoms with Crippen molar-refractivity contribution in [3.05, 3.63) is 23.9 Å². The predicted octanol–water partition coefficient (Wildman–Crippen LogP) is 3.85. The molecule has 1 fully saturated rings. The van der Waals surface area contributed by atoms with Gasteiger partial charge >= 0.3 is 6.18 Å². The third kappa shape index (κ3) is 2.53. The fraction of sp³-hybridized carbons (Fsp3) is 0.583. The van der Waals surface area contributed by atoms with Crippen LogP contribution >= 0.6 is 0 Å². The summed E-state index contributed by atoms with van der Waals surface area (Å²) in [5.74, 6) is 0.321. The van der Waals surface area contributed by atoms with Crippen molar-refractivity contribution in [2.24, 2.45) is 0 Å². The molecule has 1 aliphatic rings. The fourth-order valence-corrected chi connectivity index (χ4v) is 2.12. The molecule has 0 amide bonds. The Balaban J connectivity index is 2.17. The number of rotatable bonds is 3. The number of nitrogens with one attached hydrogen (secondary N) is 1. The second-order valence-electron chi connectivity index (χ2n) is 4.54. The lowest BCUT2D eigenvalue weighted by atomic mass is 9.75. The minimum absolute atomic E-state index is 0.0444. The minimum Gasteiger partial charge on any atom is -0.365 e. The first-order chi connectivity index (χ1) is 7.95. The zero-order valence-corrected chi connectivity index (χ0v) is 9.64. The third-order valence-corrected chi connectivity index (χ3v) is 3.47. The second-order valence-corrected chi connectivity index (χ2v) is 4.54. The lowest BCUT2D eigenvalue weighted by molar-refractivity contribution is -0.137. The molecule has 0 spiro atoms. The molecule has 94 valence electrons. The molecule has 1 aromatic heterocycles. The van der Waals surface area contributed by atoms with Crippen molar-refractivity contribution in [1.82, 2.24) is 4.98 Å². The fourth-order valence-electron chi connectivity index (χ4n) is 2.12. The Labute approximate surface area is 98.2 Å². The van der Waals surface area contributed by atoms with E-state index in [4.69, 9.17) is 0 Å². The van der Waals surface area contributed by atoms with Crippen LogP contribution in [0.3, 0.4) is 0 Å². The molecule has 2 rings (SSSR count). The van der Waals surface area contributed by atoms with Crippen LogP contribution < -0.4 is 5.32 Å². The summed E-state index contributed by atoms with van der Waals surface area (Å²) in [4.78, 5) is 3.96. The van der Waals surface area contributed by atoms with Gasteiger partial charge in [-0.25, -0.2) is 4.98 Å². The number of hydrogen-bond acceptors (Lipinski definition) is 2. The summed E-state index contributed by atoms with van der Waals surface area (Å²) in [5.41, 5.74) is -0.697. The highest BCUT2D eigenvalue weighted by Gasteiger charge is 2.36. The van der Waals surface area contributed by atoms with Crippen LogP contribution in [0, 0.1) is 0 Å². The van der Waals surface area contributed by atoms with Crippen molar-refractivity contribution >= 4 is 5.82 Å². The molecule has 0 bridgehead atoms. The maximum absolute atomic E-state index is 12.5. The molecule has 17 heavy (non-hydrogen) atoms. The van der Waals surface area contributed by atoms with Crippen LogP contribution in [-0.4, -0.2) is 10.5 Å². The number of aromatic nitrogens is 1. The van der Waals surface area contributed by atoms with E-state index in [1.54, 1.807) is 0 Å². The van der Waals surface area contributed by atoms with Gasteiger partial charge in [0.25, 0.3) is 0 Å². The number of anilines is 1. The monoisotopic (exact) mass is 244 g/mol. The number of hydrogen-bond donors (Lipinski definition) is 1. The van der Waals surface area contributed by atoms with E-state index in [-0.39, 0.29) is 5.54 Å². The van der Waals surface area contributed by atoms with Gasteiger partial charge in [0.15, 0.2) is 0 Å². The van der Waals surface area contributed by atoms with Crippen molar-refractivity contribution in [2.75, 3.05) is 5.32 Å². The van der Waals surface area contributed by atoms with Crippen molar-refractivity contribution in [3.63, 3.8) is 0 Å². The summed E-state index contributed by atoms with van der Waals surface area (Å²) >= 11 is 0. The van der Waals surface area contributed by atoms with Crippen LogP contribution in [0.5, 0.6) is 0 Å². The number of pyridine rings is 1. The van der Waals surface area contributed by atoms with E-state index in [0.717, 1.165) is 37.8 Å². The van der Waals surface area contributed by atoms with Gasteiger partial charge in [0.1, 0.15) is 5.82 Å². The molecule has 1 aromatic rings. The van der Waals surface area contributed by atoms with Gasteiger partial charge in [0.05, 0.1) is 5.56 Å². The highest BCUT2D eigenvalue weighted by molar-refractivity contribution is 5.42. The lowest BCUT2D eigenvalue weighted by Gasteiger charge is -2.42. The zero-order valence-electron chi connectivity index (χ0n) is 9.64. The number of alkyl halides is 3. The van der Waals surface area contributed by atoms with E-state index in [1.165, 1.54) is 6.20 Å². The van der Waals surface area contributed by atoms with Crippen LogP contribution in [-0.2, 0) is 6.18 Å². The standard InChI is InChI=1S/C12H15F3N2/c1-2-11(5-3-6-11)17-10-8-9(4-7-16-10)12(13,14)15/h4,7-8H,2-3,5-6H2,1H3,(H,16,17). The molecular formula is C12H15F3N2. The Hall–Kier alpha value is -1.26. The predicted molar refractivity (Wildman–Crippen MR) is 59.7 cm³/mol. The van der Waals surface area contributed by atoms with E-state index >= 15 is 0 Å². The van der Waals surface area contributed by atoms with Crippen LogP contribution in [0.25, 0.3) is 0 Å². The summed E-state index contributed by atoms with van der Waals surface area (Å²) in [6.07, 6.45) is 0.930. The van der Waals surface area contributed by atoms with E-state index in [0.29, 0.717) is 5.82 Å². The molecule has 0 unspecified atom stereocenters. The molecular weight excluding hydrogens is 229 g/mol. The highest BCUT2D eigenvalue weighted by Crippen LogP contribution is 2.38. The molecule has 5 heteroatoms. The number of nitrogens with zero attached hydrogens (tertiary/aromatic N) is 1. The Morgan fingerprint density at radius 2 is 2.12 bits per heavy atom. The van der Waals surface area contributed by atoms with Gasteiger partial charge in [-0.2, -0.15) is 13.2 Å². The van der Waals surface area contributed by atoms with Gasteiger partial charge in [-0.15, -0.1) is 0 Å². The molecule has 0 aliphatic heterocycles. The van der Waals surface area contributed by atoms with Crippen LogP contribution in [0.1, 0.15) is 38.2 Å². The minimum atomic E-state index is -4.31. The quantitative estimate of drug-likeness (QED) is 0.873. The first kappa shape index (κ1) is 12.2. The largest absolute Gasteiger partial charge is 0.416 e. The first-order valence-electron chi connectivity index (χ1n) is 5.77. The molecule has 1 saturated carbocycles. The average Bonchev–Trinajstić information content (AvgIpc) is 2.23. The molecule has 0 atom stereocenters. The topological polar surface area (TPSA) is 24.9 Å². The van der Waals surface area contributed by atoms with E-state index in [2.05, 4.69) is 10.3 Å². The van der Waals surface area contributed by atoms with Crippen LogP contribution in [0.15, 0.2) is 18.3 Å². The maximum atomic E-state index is 12.5. The second kappa shape index (κ2) is 4.20. The molecule has 0 aromatic carbocycles. The van der Waals surface area contributed by atoms with Crippen molar-refractivity contribution in [2.45, 2.75) is 44.3 Å². The highest BCUT2D eigenvalue weighted by atomic mass is 19.4. The summed E-state index contributed by atoms with van der Waals surface area (Å²) in [7, 11) is 0. The van der Waals surface area contributed by atoms with Crippen molar-refractivity contribution in [1.29, 1.82) is 0 Å². The summed E-state index contributed by atoms with van der Waals surface area (Å²) in [6, 6.07) is 2.07.